The molecule has 0 amide bonds. The molecule has 0 fully saturated rings. The number of aliphatic hydroxyl groups is 1. The predicted molar refractivity (Wildman–Crippen MR) is 93.3 cm³/mol. The van der Waals surface area contributed by atoms with E-state index in [-0.39, 0.29) is 18.3 Å². The normalized spacial score (nSPS) is 12.3. The molecule has 2 rings (SSSR count). The molecular formula is C17H20N4O3. The van der Waals surface area contributed by atoms with Crippen LogP contribution in [0.25, 0.3) is 0 Å². The Balaban J connectivity index is 2.06. The summed E-state index contributed by atoms with van der Waals surface area (Å²) in [5.41, 5.74) is 2.25. The molecular weight excluding hydrogens is 308 g/mol. The first-order valence-corrected chi connectivity index (χ1v) is 7.65. The Morgan fingerprint density at radius 2 is 1.58 bits per heavy atom. The number of azo groups is 1. The lowest BCUT2D eigenvalue weighted by molar-refractivity contribution is -0.384. The topological polar surface area (TPSA) is 91.3 Å². The average molecular weight is 328 g/mol. The van der Waals surface area contributed by atoms with Crippen molar-refractivity contribution < 1.29 is 10.0 Å². The number of nitro benzene ring substituents is 1. The molecule has 2 aromatic rings. The van der Waals surface area contributed by atoms with Gasteiger partial charge in [-0.25, -0.2) is 0 Å². The van der Waals surface area contributed by atoms with Gasteiger partial charge in [0.05, 0.1) is 28.9 Å². The van der Waals surface area contributed by atoms with Gasteiger partial charge in [-0.05, 0) is 42.8 Å². The van der Waals surface area contributed by atoms with E-state index in [1.807, 2.05) is 43.1 Å². The zero-order valence-corrected chi connectivity index (χ0v) is 13.7. The lowest BCUT2D eigenvalue weighted by Gasteiger charge is -2.27. The molecule has 24 heavy (non-hydrogen) atoms. The summed E-state index contributed by atoms with van der Waals surface area (Å²) in [6, 6.07) is 13.5. The van der Waals surface area contributed by atoms with Crippen molar-refractivity contribution in [2.45, 2.75) is 19.4 Å². The Kier molecular flexibility index (Phi) is 5.97. The van der Waals surface area contributed by atoms with Crippen LogP contribution in [-0.2, 0) is 0 Å². The Labute approximate surface area is 140 Å². The maximum Gasteiger partial charge on any atom is 0.269 e. The van der Waals surface area contributed by atoms with Crippen LogP contribution in [0.1, 0.15) is 13.3 Å². The van der Waals surface area contributed by atoms with E-state index >= 15 is 0 Å². The van der Waals surface area contributed by atoms with Gasteiger partial charge in [0.1, 0.15) is 0 Å². The standard InChI is InChI=1S/C17H20N4O3/c1-3-15(12-22)20(2)16-8-4-13(5-9-16)18-19-14-6-10-17(11-7-14)21(23)24/h4-11,15,22H,3,12H2,1-2H3/b19-18+. The molecule has 0 heterocycles. The molecule has 2 aromatic carbocycles. The third kappa shape index (κ3) is 4.36. The number of benzene rings is 2. The van der Waals surface area contributed by atoms with E-state index in [2.05, 4.69) is 10.2 Å². The summed E-state index contributed by atoms with van der Waals surface area (Å²) in [5, 5.41) is 28.2. The summed E-state index contributed by atoms with van der Waals surface area (Å²) in [5.74, 6) is 0. The highest BCUT2D eigenvalue weighted by Crippen LogP contribution is 2.24. The van der Waals surface area contributed by atoms with Crippen molar-refractivity contribution >= 4 is 22.7 Å². The van der Waals surface area contributed by atoms with Crippen LogP contribution in [0.15, 0.2) is 58.8 Å². The summed E-state index contributed by atoms with van der Waals surface area (Å²) >= 11 is 0. The number of non-ortho nitro benzene ring substituents is 1. The second kappa shape index (κ2) is 8.16. The maximum absolute atomic E-state index is 10.6. The number of anilines is 1. The number of likely N-dealkylation sites (N-methyl/N-ethyl adjacent to an activating group) is 1. The third-order valence-corrected chi connectivity index (χ3v) is 3.83. The summed E-state index contributed by atoms with van der Waals surface area (Å²) in [6.45, 7) is 2.14. The van der Waals surface area contributed by atoms with Crippen molar-refractivity contribution in [2.24, 2.45) is 10.2 Å². The van der Waals surface area contributed by atoms with Crippen molar-refractivity contribution in [1.82, 2.24) is 0 Å². The fourth-order valence-corrected chi connectivity index (χ4v) is 2.25. The van der Waals surface area contributed by atoms with E-state index in [4.69, 9.17) is 0 Å². The van der Waals surface area contributed by atoms with Gasteiger partial charge in [-0.15, -0.1) is 0 Å². The summed E-state index contributed by atoms with van der Waals surface area (Å²) in [7, 11) is 1.94. The van der Waals surface area contributed by atoms with Gasteiger partial charge in [-0.2, -0.15) is 10.2 Å². The number of hydrogen-bond acceptors (Lipinski definition) is 6. The molecule has 1 atom stereocenters. The van der Waals surface area contributed by atoms with Crippen molar-refractivity contribution in [3.8, 4) is 0 Å². The minimum absolute atomic E-state index is 0.0238. The SMILES string of the molecule is CCC(CO)N(C)c1ccc(/N=N/c2ccc([N+](=O)[O-])cc2)cc1. The van der Waals surface area contributed by atoms with Crippen LogP contribution in [0.5, 0.6) is 0 Å². The molecule has 0 saturated carbocycles. The average Bonchev–Trinajstić information content (AvgIpc) is 2.61. The molecule has 0 aliphatic heterocycles. The molecule has 0 aliphatic carbocycles. The molecule has 126 valence electrons. The van der Waals surface area contributed by atoms with Crippen molar-refractivity contribution in [3.63, 3.8) is 0 Å². The van der Waals surface area contributed by atoms with Gasteiger partial charge in [0.15, 0.2) is 0 Å². The molecule has 7 nitrogen and oxygen atoms in total. The number of hydrogen-bond donors (Lipinski definition) is 1. The monoisotopic (exact) mass is 328 g/mol. The van der Waals surface area contributed by atoms with Crippen LogP contribution in [0.3, 0.4) is 0 Å². The third-order valence-electron chi connectivity index (χ3n) is 3.83. The van der Waals surface area contributed by atoms with E-state index in [9.17, 15) is 15.2 Å². The molecule has 7 heteroatoms. The highest BCUT2D eigenvalue weighted by Gasteiger charge is 2.11. The zero-order valence-electron chi connectivity index (χ0n) is 13.7. The van der Waals surface area contributed by atoms with Gasteiger partial charge in [0, 0.05) is 24.9 Å². The Morgan fingerprint density at radius 3 is 2.00 bits per heavy atom. The lowest BCUT2D eigenvalue weighted by atomic mass is 10.2. The maximum atomic E-state index is 10.6. The number of rotatable bonds is 7. The van der Waals surface area contributed by atoms with Gasteiger partial charge in [0.25, 0.3) is 5.69 Å². The molecule has 0 aliphatic rings. The molecule has 1 unspecified atom stereocenters. The minimum Gasteiger partial charge on any atom is -0.394 e. The van der Waals surface area contributed by atoms with E-state index in [0.29, 0.717) is 11.4 Å². The quantitative estimate of drug-likeness (QED) is 0.468. The highest BCUT2D eigenvalue weighted by molar-refractivity contribution is 5.53. The van der Waals surface area contributed by atoms with E-state index in [1.54, 1.807) is 12.1 Å². The fraction of sp³-hybridized carbons (Fsp3) is 0.294. The summed E-state index contributed by atoms with van der Waals surface area (Å²) < 4.78 is 0. The Hall–Kier alpha value is -2.80. The second-order valence-electron chi connectivity index (χ2n) is 5.35. The fourth-order valence-electron chi connectivity index (χ4n) is 2.25. The van der Waals surface area contributed by atoms with Gasteiger partial charge >= 0.3 is 0 Å². The summed E-state index contributed by atoms with van der Waals surface area (Å²) in [6.07, 6.45) is 0.856. The van der Waals surface area contributed by atoms with Gasteiger partial charge < -0.3 is 10.0 Å². The Bertz CT molecular complexity index is 695. The van der Waals surface area contributed by atoms with Crippen molar-refractivity contribution in [3.05, 3.63) is 58.6 Å². The van der Waals surface area contributed by atoms with Crippen LogP contribution in [-0.4, -0.2) is 29.7 Å². The van der Waals surface area contributed by atoms with Crippen LogP contribution < -0.4 is 4.90 Å². The molecule has 0 bridgehead atoms. The lowest BCUT2D eigenvalue weighted by Crippen LogP contribution is -2.33. The highest BCUT2D eigenvalue weighted by atomic mass is 16.6. The van der Waals surface area contributed by atoms with E-state index in [1.165, 1.54) is 12.1 Å². The molecule has 0 radical (unpaired) electrons. The molecule has 0 aromatic heterocycles. The summed E-state index contributed by atoms with van der Waals surface area (Å²) in [4.78, 5) is 12.2. The molecule has 0 spiro atoms. The zero-order chi connectivity index (χ0) is 17.5. The predicted octanol–water partition coefficient (Wildman–Crippen LogP) is 4.22. The van der Waals surface area contributed by atoms with Gasteiger partial charge in [0.2, 0.25) is 0 Å². The van der Waals surface area contributed by atoms with Crippen molar-refractivity contribution in [1.29, 1.82) is 0 Å². The molecule has 0 saturated heterocycles. The number of nitro groups is 1. The second-order valence-corrected chi connectivity index (χ2v) is 5.35. The van der Waals surface area contributed by atoms with Gasteiger partial charge in [-0.1, -0.05) is 6.92 Å². The Morgan fingerprint density at radius 1 is 1.08 bits per heavy atom. The number of nitrogens with zero attached hydrogens (tertiary/aromatic N) is 4. The first-order valence-electron chi connectivity index (χ1n) is 7.65. The van der Waals surface area contributed by atoms with Crippen LogP contribution in [0, 0.1) is 10.1 Å². The number of aliphatic hydroxyl groups excluding tert-OH is 1. The first-order chi connectivity index (χ1) is 11.5. The minimum atomic E-state index is -0.452. The van der Waals surface area contributed by atoms with Crippen LogP contribution in [0.2, 0.25) is 0 Å². The van der Waals surface area contributed by atoms with E-state index in [0.717, 1.165) is 12.1 Å². The van der Waals surface area contributed by atoms with Crippen molar-refractivity contribution in [2.75, 3.05) is 18.6 Å². The largest absolute Gasteiger partial charge is 0.394 e. The van der Waals surface area contributed by atoms with Gasteiger partial charge in [-0.3, -0.25) is 10.1 Å². The van der Waals surface area contributed by atoms with Crippen LogP contribution in [0.4, 0.5) is 22.7 Å². The smallest absolute Gasteiger partial charge is 0.269 e. The molecule has 1 N–H and O–H groups in total. The first kappa shape index (κ1) is 17.6. The van der Waals surface area contributed by atoms with Crippen LogP contribution >= 0.6 is 0 Å². The van der Waals surface area contributed by atoms with E-state index < -0.39 is 4.92 Å².